The zero-order valence-electron chi connectivity index (χ0n) is 20.8. The van der Waals surface area contributed by atoms with Crippen LogP contribution >= 0.6 is 11.9 Å². The molecule has 0 aliphatic carbocycles. The smallest absolute Gasteiger partial charge is 0.325 e. The summed E-state index contributed by atoms with van der Waals surface area (Å²) in [7, 11) is 1.38. The first-order valence-corrected chi connectivity index (χ1v) is 11.7. The molecular weight excluding hydrogens is 522 g/mol. The summed E-state index contributed by atoms with van der Waals surface area (Å²) in [4.78, 5) is 46.6. The van der Waals surface area contributed by atoms with Crippen LogP contribution in [-0.2, 0) is 14.3 Å². The fourth-order valence-electron chi connectivity index (χ4n) is 3.22. The van der Waals surface area contributed by atoms with Crippen LogP contribution in [0.25, 0.3) is 4.25 Å². The van der Waals surface area contributed by atoms with Gasteiger partial charge in [0.1, 0.15) is 18.0 Å². The van der Waals surface area contributed by atoms with E-state index in [-0.39, 0.29) is 40.9 Å². The van der Waals surface area contributed by atoms with E-state index in [1.54, 1.807) is 18.7 Å². The highest BCUT2D eigenvalue weighted by atomic mass is 32.2. The van der Waals surface area contributed by atoms with Crippen LogP contribution in [0.3, 0.4) is 0 Å². The Morgan fingerprint density at radius 3 is 2.29 bits per heavy atom. The highest BCUT2D eigenvalue weighted by Crippen LogP contribution is 2.43. The molecule has 1 amide bonds. The summed E-state index contributed by atoms with van der Waals surface area (Å²) >= 11 is 0.425. The standard InChI is InChI=1S/C22H23N7O8S/c1-6-27(12-22(31)37-7-2)18-8-14(24-13(3)30)15(9-20(18)36-5)25-26-16-10-21(38-23-4)19(29(34)35)11-17(16)28(32)33/h8-11H,6-7,12H2,1-3,5H3,(H,24,30). The number of carbonyl (C=O) groups excluding carboxylic acids is 2. The first-order chi connectivity index (χ1) is 18.1. The number of hydrogen-bond acceptors (Lipinski definition) is 12. The quantitative estimate of drug-likeness (QED) is 0.0928. The van der Waals surface area contributed by atoms with Crippen molar-refractivity contribution in [1.29, 1.82) is 0 Å². The molecule has 0 saturated heterocycles. The number of nitrogens with zero attached hydrogens (tertiary/aromatic N) is 6. The van der Waals surface area contributed by atoms with Crippen molar-refractivity contribution >= 4 is 57.9 Å². The van der Waals surface area contributed by atoms with Crippen molar-refractivity contribution in [2.45, 2.75) is 25.7 Å². The van der Waals surface area contributed by atoms with E-state index in [4.69, 9.17) is 16.0 Å². The zero-order chi connectivity index (χ0) is 28.4. The Labute approximate surface area is 221 Å². The van der Waals surface area contributed by atoms with Crippen LogP contribution in [0.4, 0.5) is 34.1 Å². The van der Waals surface area contributed by atoms with E-state index in [9.17, 15) is 29.8 Å². The van der Waals surface area contributed by atoms with Gasteiger partial charge in [-0.25, -0.2) is 10.8 Å². The van der Waals surface area contributed by atoms with Gasteiger partial charge < -0.3 is 19.7 Å². The number of methoxy groups -OCH3 is 1. The van der Waals surface area contributed by atoms with Crippen LogP contribution in [0.15, 0.2) is 39.4 Å². The summed E-state index contributed by atoms with van der Waals surface area (Å²) in [6.07, 6.45) is 0. The van der Waals surface area contributed by atoms with E-state index < -0.39 is 33.1 Å². The van der Waals surface area contributed by atoms with Crippen LogP contribution in [0.5, 0.6) is 5.75 Å². The minimum Gasteiger partial charge on any atom is -0.494 e. The van der Waals surface area contributed by atoms with Crippen molar-refractivity contribution in [3.8, 4) is 5.75 Å². The molecule has 0 bridgehead atoms. The number of azo groups is 1. The van der Waals surface area contributed by atoms with E-state index >= 15 is 0 Å². The summed E-state index contributed by atoms with van der Waals surface area (Å²) in [5.41, 5.74) is -1.04. The second-order valence-electron chi connectivity index (χ2n) is 7.25. The lowest BCUT2D eigenvalue weighted by Gasteiger charge is -2.25. The van der Waals surface area contributed by atoms with E-state index in [0.717, 1.165) is 6.07 Å². The van der Waals surface area contributed by atoms with Gasteiger partial charge in [0, 0.05) is 25.6 Å². The molecule has 15 nitrogen and oxygen atoms in total. The van der Waals surface area contributed by atoms with Gasteiger partial charge in [-0.05, 0) is 19.9 Å². The first-order valence-electron chi connectivity index (χ1n) is 10.9. The highest BCUT2D eigenvalue weighted by Gasteiger charge is 2.28. The molecule has 2 aromatic carbocycles. The Morgan fingerprint density at radius 2 is 1.76 bits per heavy atom. The van der Waals surface area contributed by atoms with Crippen molar-refractivity contribution in [2.24, 2.45) is 10.2 Å². The summed E-state index contributed by atoms with van der Waals surface area (Å²) in [5.74, 6) is -0.676. The molecule has 0 aliphatic heterocycles. The monoisotopic (exact) mass is 545 g/mol. The number of nitro groups is 2. The van der Waals surface area contributed by atoms with Crippen LogP contribution in [0.1, 0.15) is 20.8 Å². The lowest BCUT2D eigenvalue weighted by atomic mass is 10.2. The molecule has 0 heterocycles. The van der Waals surface area contributed by atoms with Gasteiger partial charge in [0.25, 0.3) is 5.69 Å². The Hall–Kier alpha value is -4.78. The number of likely N-dealkylation sites (N-methyl/N-ethyl adjacent to an activating group) is 1. The molecule has 0 aromatic heterocycles. The number of nitrogens with one attached hydrogen (secondary N) is 1. The predicted molar refractivity (Wildman–Crippen MR) is 138 cm³/mol. The molecule has 0 saturated carbocycles. The Balaban J connectivity index is 2.67. The number of benzene rings is 2. The number of anilines is 2. The van der Waals surface area contributed by atoms with Gasteiger partial charge in [-0.2, -0.15) is 0 Å². The summed E-state index contributed by atoms with van der Waals surface area (Å²) in [6, 6.07) is 4.63. The SMILES string of the molecule is [C-]#[N+]Sc1cc(N=Nc2cc(OC)c(N(CC)CC(=O)OCC)cc2NC(C)=O)c([N+](=O)[O-])cc1[N+](=O)[O-]. The Kier molecular flexibility index (Phi) is 10.5. The molecule has 2 rings (SSSR count). The Bertz CT molecular complexity index is 1330. The fourth-order valence-corrected chi connectivity index (χ4v) is 3.71. The lowest BCUT2D eigenvalue weighted by Crippen LogP contribution is -2.31. The molecule has 2 aromatic rings. The van der Waals surface area contributed by atoms with E-state index in [2.05, 4.69) is 19.8 Å². The largest absolute Gasteiger partial charge is 0.494 e. The van der Waals surface area contributed by atoms with Crippen LogP contribution < -0.4 is 15.0 Å². The number of amides is 1. The Morgan fingerprint density at radius 1 is 1.11 bits per heavy atom. The zero-order valence-corrected chi connectivity index (χ0v) is 21.6. The molecule has 0 spiro atoms. The average Bonchev–Trinajstić information content (AvgIpc) is 2.86. The van der Waals surface area contributed by atoms with Gasteiger partial charge in [0.2, 0.25) is 5.91 Å². The summed E-state index contributed by atoms with van der Waals surface area (Å²) < 4.78 is 13.5. The van der Waals surface area contributed by atoms with Gasteiger partial charge in [-0.1, -0.05) is 0 Å². The maximum atomic E-state index is 12.1. The normalized spacial score (nSPS) is 10.5. The van der Waals surface area contributed by atoms with Crippen molar-refractivity contribution in [1.82, 2.24) is 0 Å². The number of rotatable bonds is 12. The summed E-state index contributed by atoms with van der Waals surface area (Å²) in [6.45, 7) is 12.2. The van der Waals surface area contributed by atoms with Crippen molar-refractivity contribution in [2.75, 3.05) is 37.0 Å². The molecule has 0 aliphatic rings. The van der Waals surface area contributed by atoms with Crippen LogP contribution in [-0.4, -0.2) is 48.5 Å². The third kappa shape index (κ3) is 7.36. The minimum atomic E-state index is -0.861. The number of hydrogen-bond donors (Lipinski definition) is 1. The molecule has 0 atom stereocenters. The lowest BCUT2D eigenvalue weighted by molar-refractivity contribution is -0.395. The van der Waals surface area contributed by atoms with E-state index in [0.29, 0.717) is 30.2 Å². The van der Waals surface area contributed by atoms with E-state index in [1.807, 2.05) is 0 Å². The van der Waals surface area contributed by atoms with Crippen LogP contribution in [0.2, 0.25) is 0 Å². The predicted octanol–water partition coefficient (Wildman–Crippen LogP) is 5.20. The third-order valence-electron chi connectivity index (χ3n) is 4.81. The fraction of sp³-hybridized carbons (Fsp3) is 0.318. The molecule has 16 heteroatoms. The number of ether oxygens (including phenoxy) is 2. The molecule has 0 unspecified atom stereocenters. The van der Waals surface area contributed by atoms with Gasteiger partial charge in [-0.15, -0.1) is 10.2 Å². The second-order valence-corrected chi connectivity index (χ2v) is 8.05. The number of carbonyl (C=O) groups is 2. The molecular formula is C22H23N7O8S. The number of esters is 1. The second kappa shape index (κ2) is 13.5. The summed E-state index contributed by atoms with van der Waals surface area (Å²) in [5, 5.41) is 33.4. The van der Waals surface area contributed by atoms with Gasteiger partial charge in [0.15, 0.2) is 10.6 Å². The van der Waals surface area contributed by atoms with Crippen molar-refractivity contribution in [3.63, 3.8) is 0 Å². The van der Waals surface area contributed by atoms with Crippen molar-refractivity contribution < 1.29 is 28.9 Å². The van der Waals surface area contributed by atoms with E-state index in [1.165, 1.54) is 26.2 Å². The molecule has 1 N–H and O–H groups in total. The minimum absolute atomic E-state index is 0.0417. The first kappa shape index (κ1) is 29.5. The third-order valence-corrected chi connectivity index (χ3v) is 5.43. The van der Waals surface area contributed by atoms with Gasteiger partial charge in [-0.3, -0.25) is 29.8 Å². The topological polar surface area (TPSA) is 183 Å². The van der Waals surface area contributed by atoms with Crippen molar-refractivity contribution in [3.05, 3.63) is 55.3 Å². The highest BCUT2D eigenvalue weighted by molar-refractivity contribution is 8.01. The molecule has 200 valence electrons. The maximum Gasteiger partial charge on any atom is 0.325 e. The van der Waals surface area contributed by atoms with Crippen LogP contribution in [0, 0.1) is 26.8 Å². The average molecular weight is 546 g/mol. The van der Waals surface area contributed by atoms with Gasteiger partial charge >= 0.3 is 23.6 Å². The molecule has 38 heavy (non-hydrogen) atoms. The molecule has 0 radical (unpaired) electrons. The maximum absolute atomic E-state index is 12.1. The number of nitro benzene ring substituents is 2. The van der Waals surface area contributed by atoms with Gasteiger partial charge in [0.05, 0.1) is 41.0 Å². The molecule has 0 fully saturated rings.